The molecule has 1 aliphatic heterocycles. The zero-order valence-electron chi connectivity index (χ0n) is 10.0. The van der Waals surface area contributed by atoms with Gasteiger partial charge >= 0.3 is 5.97 Å². The van der Waals surface area contributed by atoms with Crippen molar-refractivity contribution in [3.63, 3.8) is 0 Å². The highest BCUT2D eigenvalue weighted by Crippen LogP contribution is 2.24. The van der Waals surface area contributed by atoms with Crippen molar-refractivity contribution in [1.82, 2.24) is 4.90 Å². The molecule has 1 unspecified atom stereocenters. The topological polar surface area (TPSA) is 46.6 Å². The van der Waals surface area contributed by atoms with Gasteiger partial charge in [0.1, 0.15) is 0 Å². The molecule has 0 aromatic carbocycles. The van der Waals surface area contributed by atoms with E-state index in [1.165, 1.54) is 7.11 Å². The summed E-state index contributed by atoms with van der Waals surface area (Å²) < 4.78 is 4.64. The quantitative estimate of drug-likeness (QED) is 0.443. The Labute approximate surface area is 112 Å². The molecule has 7 heteroatoms. The first kappa shape index (κ1) is 14.8. The third-order valence-corrected chi connectivity index (χ3v) is 5.16. The fourth-order valence-corrected chi connectivity index (χ4v) is 3.47. The molecule has 0 aromatic rings. The van der Waals surface area contributed by atoms with E-state index in [1.54, 1.807) is 4.90 Å². The predicted octanol–water partition coefficient (Wildman–Crippen LogP) is 1.95. The second kappa shape index (κ2) is 6.07. The summed E-state index contributed by atoms with van der Waals surface area (Å²) in [4.78, 5) is 24.6. The summed E-state index contributed by atoms with van der Waals surface area (Å²) in [7, 11) is 1.34. The molecule has 98 valence electrons. The van der Waals surface area contributed by atoms with Crippen LogP contribution in [0.3, 0.4) is 0 Å². The van der Waals surface area contributed by atoms with Gasteiger partial charge in [0, 0.05) is 19.5 Å². The lowest BCUT2D eigenvalue weighted by molar-refractivity contribution is -0.145. The van der Waals surface area contributed by atoms with Crippen LogP contribution < -0.4 is 0 Å². The van der Waals surface area contributed by atoms with Crippen LogP contribution in [0.25, 0.3) is 0 Å². The minimum atomic E-state index is -2.08. The molecule has 17 heavy (non-hydrogen) atoms. The van der Waals surface area contributed by atoms with Crippen molar-refractivity contribution in [3.05, 3.63) is 0 Å². The molecule has 0 saturated carbocycles. The lowest BCUT2D eigenvalue weighted by Gasteiger charge is -2.17. The number of rotatable bonds is 5. The fourth-order valence-electron chi connectivity index (χ4n) is 1.89. The smallest absolute Gasteiger partial charge is 0.310 e. The molecule has 1 amide bonds. The zero-order valence-corrected chi connectivity index (χ0v) is 12.6. The number of amides is 1. The normalized spacial score (nSPS) is 20.8. The van der Waals surface area contributed by atoms with Crippen LogP contribution in [0.5, 0.6) is 0 Å². The standard InChI is InChI=1S/C10H17Cl2NO3Si/c1-16-10(15)8-6-9(14)13(7-8)4-3-5-17(2,11)12/h8H,3-7H2,1-2H3. The van der Waals surface area contributed by atoms with E-state index >= 15 is 0 Å². The Balaban J connectivity index is 2.36. The predicted molar refractivity (Wildman–Crippen MR) is 69.5 cm³/mol. The maximum Gasteiger partial charge on any atom is 0.310 e. The molecule has 0 bridgehead atoms. The SMILES string of the molecule is COC(=O)C1CC(=O)N(CCC[Si](C)(Cl)Cl)C1. The summed E-state index contributed by atoms with van der Waals surface area (Å²) in [6, 6.07) is 0.753. The highest BCUT2D eigenvalue weighted by molar-refractivity contribution is 7.44. The Morgan fingerprint density at radius 2 is 2.24 bits per heavy atom. The van der Waals surface area contributed by atoms with Crippen molar-refractivity contribution in [1.29, 1.82) is 0 Å². The first-order chi connectivity index (χ1) is 7.83. The Kier molecular flexibility index (Phi) is 5.28. The Morgan fingerprint density at radius 3 is 2.76 bits per heavy atom. The van der Waals surface area contributed by atoms with Gasteiger partial charge in [0.05, 0.1) is 13.0 Å². The third kappa shape index (κ3) is 4.85. The first-order valence-corrected chi connectivity index (χ1v) is 10.3. The highest BCUT2D eigenvalue weighted by atomic mass is 35.7. The second-order valence-electron chi connectivity index (χ2n) is 4.44. The van der Waals surface area contributed by atoms with Gasteiger partial charge in [0.15, 0.2) is 0 Å². The number of carbonyl (C=O) groups is 2. The molecule has 0 N–H and O–H groups in total. The van der Waals surface area contributed by atoms with Gasteiger partial charge in [0.2, 0.25) is 12.6 Å². The summed E-state index contributed by atoms with van der Waals surface area (Å²) in [5, 5.41) is 0. The van der Waals surface area contributed by atoms with Gasteiger partial charge in [-0.1, -0.05) is 0 Å². The van der Waals surface area contributed by atoms with Gasteiger partial charge in [-0.15, -0.1) is 22.2 Å². The van der Waals surface area contributed by atoms with E-state index in [2.05, 4.69) is 4.74 Å². The molecule has 1 atom stereocenters. The Bertz CT molecular complexity index is 306. The molecule has 4 nitrogen and oxygen atoms in total. The number of hydrogen-bond donors (Lipinski definition) is 0. The van der Waals surface area contributed by atoms with Crippen molar-refractivity contribution in [2.24, 2.45) is 5.92 Å². The number of ether oxygens (including phenoxy) is 1. The summed E-state index contributed by atoms with van der Waals surface area (Å²) in [6.07, 6.45) is 1.04. The van der Waals surface area contributed by atoms with Gasteiger partial charge in [0.25, 0.3) is 0 Å². The second-order valence-corrected chi connectivity index (χ2v) is 12.7. The molecular weight excluding hydrogens is 281 g/mol. The monoisotopic (exact) mass is 297 g/mol. The Hall–Kier alpha value is -0.263. The summed E-state index contributed by atoms with van der Waals surface area (Å²) in [6.45, 7) is 0.850. The first-order valence-electron chi connectivity index (χ1n) is 5.57. The molecule has 0 aromatic heterocycles. The van der Waals surface area contributed by atoms with Crippen molar-refractivity contribution in [2.75, 3.05) is 20.2 Å². The van der Waals surface area contributed by atoms with Gasteiger partial charge < -0.3 is 9.64 Å². The van der Waals surface area contributed by atoms with Crippen LogP contribution in [0.15, 0.2) is 0 Å². The largest absolute Gasteiger partial charge is 0.469 e. The molecule has 1 aliphatic rings. The molecule has 1 fully saturated rings. The molecule has 0 aliphatic carbocycles. The maximum absolute atomic E-state index is 11.6. The molecule has 0 spiro atoms. The Morgan fingerprint density at radius 1 is 1.59 bits per heavy atom. The van der Waals surface area contributed by atoms with Crippen LogP contribution >= 0.6 is 22.2 Å². The number of esters is 1. The summed E-state index contributed by atoms with van der Waals surface area (Å²) in [5.74, 6) is -0.620. The van der Waals surface area contributed by atoms with Gasteiger partial charge in [-0.25, -0.2) is 0 Å². The summed E-state index contributed by atoms with van der Waals surface area (Å²) in [5.41, 5.74) is 0. The van der Waals surface area contributed by atoms with Crippen LogP contribution in [0, 0.1) is 5.92 Å². The zero-order chi connectivity index (χ0) is 13.1. The third-order valence-electron chi connectivity index (χ3n) is 2.79. The minimum Gasteiger partial charge on any atom is -0.469 e. The van der Waals surface area contributed by atoms with E-state index in [0.717, 1.165) is 12.5 Å². The average Bonchev–Trinajstić information content (AvgIpc) is 2.57. The fraction of sp³-hybridized carbons (Fsp3) is 0.800. The van der Waals surface area contributed by atoms with E-state index in [4.69, 9.17) is 22.2 Å². The van der Waals surface area contributed by atoms with Crippen molar-refractivity contribution < 1.29 is 14.3 Å². The van der Waals surface area contributed by atoms with E-state index in [0.29, 0.717) is 13.1 Å². The van der Waals surface area contributed by atoms with E-state index in [1.807, 2.05) is 6.55 Å². The van der Waals surface area contributed by atoms with Crippen LogP contribution in [0.4, 0.5) is 0 Å². The van der Waals surface area contributed by atoms with Gasteiger partial charge in [-0.05, 0) is 19.0 Å². The average molecular weight is 298 g/mol. The molecule has 1 rings (SSSR count). The number of methoxy groups -OCH3 is 1. The van der Waals surface area contributed by atoms with Crippen LogP contribution in [-0.4, -0.2) is 43.7 Å². The number of carbonyl (C=O) groups excluding carboxylic acids is 2. The van der Waals surface area contributed by atoms with Crippen LogP contribution in [0.2, 0.25) is 12.6 Å². The number of hydrogen-bond acceptors (Lipinski definition) is 3. The minimum absolute atomic E-state index is 0.00733. The molecular formula is C10H17Cl2NO3Si. The maximum atomic E-state index is 11.6. The lowest BCUT2D eigenvalue weighted by Crippen LogP contribution is -2.28. The van der Waals surface area contributed by atoms with Crippen molar-refractivity contribution in [3.8, 4) is 0 Å². The summed E-state index contributed by atoms with van der Waals surface area (Å²) >= 11 is 12.0. The molecule has 0 radical (unpaired) electrons. The number of halogens is 2. The van der Waals surface area contributed by atoms with Gasteiger partial charge in [-0.3, -0.25) is 9.59 Å². The van der Waals surface area contributed by atoms with Crippen molar-refractivity contribution in [2.45, 2.75) is 25.4 Å². The van der Waals surface area contributed by atoms with E-state index in [-0.39, 0.29) is 24.2 Å². The number of likely N-dealkylation sites (tertiary alicyclic amines) is 1. The van der Waals surface area contributed by atoms with Crippen LogP contribution in [-0.2, 0) is 14.3 Å². The lowest BCUT2D eigenvalue weighted by atomic mass is 10.1. The number of nitrogens with zero attached hydrogens (tertiary/aromatic N) is 1. The molecule has 1 saturated heterocycles. The van der Waals surface area contributed by atoms with Crippen LogP contribution in [0.1, 0.15) is 12.8 Å². The molecule has 1 heterocycles. The van der Waals surface area contributed by atoms with E-state index in [9.17, 15) is 9.59 Å². The van der Waals surface area contributed by atoms with Gasteiger partial charge in [-0.2, -0.15) is 0 Å². The highest BCUT2D eigenvalue weighted by Gasteiger charge is 2.34. The van der Waals surface area contributed by atoms with E-state index < -0.39 is 6.69 Å². The van der Waals surface area contributed by atoms with Crippen molar-refractivity contribution >= 4 is 40.7 Å².